The van der Waals surface area contributed by atoms with Crippen molar-refractivity contribution in [2.45, 2.75) is 6.92 Å². The highest BCUT2D eigenvalue weighted by Gasteiger charge is 2.18. The van der Waals surface area contributed by atoms with Gasteiger partial charge in [-0.2, -0.15) is 5.10 Å². The summed E-state index contributed by atoms with van der Waals surface area (Å²) in [6.07, 6.45) is 3.73. The molecule has 172 valence electrons. The number of H-pyrrole nitrogens is 2. The molecule has 3 aromatic heterocycles. The molecule has 2 N–H and O–H groups in total. The van der Waals surface area contributed by atoms with E-state index >= 15 is 0 Å². The van der Waals surface area contributed by atoms with Crippen LogP contribution in [0.1, 0.15) is 5.56 Å². The topological polar surface area (TPSA) is 73.5 Å². The third-order valence-corrected chi connectivity index (χ3v) is 6.36. The van der Waals surface area contributed by atoms with Gasteiger partial charge in [0.1, 0.15) is 11.5 Å². The molecule has 0 spiro atoms. The molecular formula is C28H23FN6. The maximum absolute atomic E-state index is 14.5. The van der Waals surface area contributed by atoms with Crippen molar-refractivity contribution < 1.29 is 4.39 Å². The second kappa shape index (κ2) is 8.06. The van der Waals surface area contributed by atoms with E-state index in [1.165, 1.54) is 6.07 Å². The van der Waals surface area contributed by atoms with Gasteiger partial charge < -0.3 is 9.88 Å². The molecule has 0 aliphatic carbocycles. The Morgan fingerprint density at radius 2 is 1.69 bits per heavy atom. The molecule has 0 saturated heterocycles. The second-order valence-corrected chi connectivity index (χ2v) is 8.88. The van der Waals surface area contributed by atoms with E-state index in [0.717, 1.165) is 44.4 Å². The lowest BCUT2D eigenvalue weighted by atomic mass is 9.99. The maximum Gasteiger partial charge on any atom is 0.159 e. The van der Waals surface area contributed by atoms with Gasteiger partial charge in [-0.15, -0.1) is 0 Å². The number of pyridine rings is 1. The average molecular weight is 463 g/mol. The lowest BCUT2D eigenvalue weighted by molar-refractivity contribution is 0.631. The van der Waals surface area contributed by atoms with Gasteiger partial charge in [0, 0.05) is 42.4 Å². The number of benzene rings is 3. The number of aryl methyl sites for hydroxylation is 1. The number of nitrogens with one attached hydrogen (secondary N) is 2. The molecule has 3 heterocycles. The zero-order chi connectivity index (χ0) is 24.1. The van der Waals surface area contributed by atoms with Crippen LogP contribution in [0.15, 0.2) is 73.1 Å². The van der Waals surface area contributed by atoms with Gasteiger partial charge in [-0.25, -0.2) is 9.37 Å². The molecule has 0 saturated carbocycles. The van der Waals surface area contributed by atoms with Crippen LogP contribution < -0.4 is 4.90 Å². The lowest BCUT2D eigenvalue weighted by Crippen LogP contribution is -2.08. The van der Waals surface area contributed by atoms with E-state index in [4.69, 9.17) is 4.98 Å². The fraction of sp³-hybridized carbons (Fsp3) is 0.107. The average Bonchev–Trinajstić information content (AvgIpc) is 3.47. The number of anilines is 1. The fourth-order valence-corrected chi connectivity index (χ4v) is 4.53. The number of nitrogens with zero attached hydrogens (tertiary/aromatic N) is 4. The van der Waals surface area contributed by atoms with E-state index in [2.05, 4.69) is 45.3 Å². The van der Waals surface area contributed by atoms with Gasteiger partial charge in [-0.1, -0.05) is 30.3 Å². The van der Waals surface area contributed by atoms with E-state index < -0.39 is 0 Å². The number of halogens is 1. The monoisotopic (exact) mass is 462 g/mol. The first-order chi connectivity index (χ1) is 17.0. The molecule has 3 aromatic carbocycles. The summed E-state index contributed by atoms with van der Waals surface area (Å²) in [5.74, 6) is 0.355. The van der Waals surface area contributed by atoms with Crippen molar-refractivity contribution in [2.24, 2.45) is 0 Å². The van der Waals surface area contributed by atoms with Crippen LogP contribution in [0.2, 0.25) is 0 Å². The van der Waals surface area contributed by atoms with Gasteiger partial charge in [0.25, 0.3) is 0 Å². The molecule has 0 amide bonds. The lowest BCUT2D eigenvalue weighted by Gasteiger charge is -2.14. The quantitative estimate of drug-likeness (QED) is 0.320. The molecule has 0 fully saturated rings. The van der Waals surface area contributed by atoms with Crippen LogP contribution in [0.5, 0.6) is 0 Å². The van der Waals surface area contributed by atoms with Gasteiger partial charge in [0.2, 0.25) is 0 Å². The van der Waals surface area contributed by atoms with Crippen molar-refractivity contribution in [3.63, 3.8) is 0 Å². The number of aromatic amines is 2. The zero-order valence-corrected chi connectivity index (χ0v) is 19.6. The van der Waals surface area contributed by atoms with E-state index in [0.29, 0.717) is 22.6 Å². The first kappa shape index (κ1) is 21.0. The Morgan fingerprint density at radius 1 is 0.857 bits per heavy atom. The van der Waals surface area contributed by atoms with Gasteiger partial charge in [-0.05, 0) is 48.4 Å². The first-order valence-corrected chi connectivity index (χ1v) is 11.3. The summed E-state index contributed by atoms with van der Waals surface area (Å²) in [4.78, 5) is 14.7. The van der Waals surface area contributed by atoms with E-state index in [9.17, 15) is 4.39 Å². The number of para-hydroxylation sites is 1. The summed E-state index contributed by atoms with van der Waals surface area (Å²) in [5, 5.41) is 8.68. The molecule has 0 unspecified atom stereocenters. The number of hydrogen-bond donors (Lipinski definition) is 2. The fourth-order valence-electron chi connectivity index (χ4n) is 4.53. The largest absolute Gasteiger partial charge is 0.376 e. The van der Waals surface area contributed by atoms with Crippen molar-refractivity contribution in [2.75, 3.05) is 19.0 Å². The summed E-state index contributed by atoms with van der Waals surface area (Å²) in [7, 11) is 4.00. The SMILES string of the molecule is Cc1cc2[nH]nc(-c3nc4c(-c5ccccc5F)cccc4[nH]3)c2cc1-c1cncc(N(C)C)c1. The molecule has 6 nitrogen and oxygen atoms in total. The summed E-state index contributed by atoms with van der Waals surface area (Å²) in [6.45, 7) is 2.08. The van der Waals surface area contributed by atoms with Gasteiger partial charge in [-0.3, -0.25) is 10.1 Å². The summed E-state index contributed by atoms with van der Waals surface area (Å²) >= 11 is 0. The molecule has 0 aliphatic rings. The number of fused-ring (bicyclic) bond motifs is 2. The van der Waals surface area contributed by atoms with Crippen LogP contribution >= 0.6 is 0 Å². The number of hydrogen-bond acceptors (Lipinski definition) is 4. The molecular weight excluding hydrogens is 439 g/mol. The minimum atomic E-state index is -0.275. The van der Waals surface area contributed by atoms with Gasteiger partial charge >= 0.3 is 0 Å². The van der Waals surface area contributed by atoms with Gasteiger partial charge in [0.05, 0.1) is 28.4 Å². The van der Waals surface area contributed by atoms with Crippen LogP contribution in [0.25, 0.3) is 55.7 Å². The van der Waals surface area contributed by atoms with Crippen molar-refractivity contribution in [1.29, 1.82) is 0 Å². The van der Waals surface area contributed by atoms with Crippen LogP contribution in [0.4, 0.5) is 10.1 Å². The van der Waals surface area contributed by atoms with Crippen molar-refractivity contribution >= 4 is 27.6 Å². The third-order valence-electron chi connectivity index (χ3n) is 6.36. The Kier molecular flexibility index (Phi) is 4.84. The summed E-state index contributed by atoms with van der Waals surface area (Å²) < 4.78 is 14.5. The predicted molar refractivity (Wildman–Crippen MR) is 139 cm³/mol. The minimum Gasteiger partial charge on any atom is -0.376 e. The number of imidazole rings is 1. The van der Waals surface area contributed by atoms with Crippen LogP contribution in [-0.2, 0) is 0 Å². The molecule has 0 aliphatic heterocycles. The van der Waals surface area contributed by atoms with Crippen LogP contribution in [0.3, 0.4) is 0 Å². The molecule has 6 rings (SSSR count). The molecule has 0 bridgehead atoms. The smallest absolute Gasteiger partial charge is 0.159 e. The number of rotatable bonds is 4. The Bertz CT molecular complexity index is 1710. The standard InChI is InChI=1S/C28H23FN6/c1-16-11-25-22(13-21(16)17-12-18(35(2)3)15-30-14-17)27(34-33-25)28-31-24-10-6-8-20(26(24)32-28)19-7-4-5-9-23(19)29/h4-15H,1-3H3,(H,31,32)(H,33,34). The second-order valence-electron chi connectivity index (χ2n) is 8.88. The Morgan fingerprint density at radius 3 is 2.51 bits per heavy atom. The third kappa shape index (κ3) is 3.52. The zero-order valence-electron chi connectivity index (χ0n) is 19.6. The van der Waals surface area contributed by atoms with Crippen molar-refractivity contribution in [1.82, 2.24) is 25.1 Å². The minimum absolute atomic E-state index is 0.275. The molecule has 0 atom stereocenters. The molecule has 6 aromatic rings. The first-order valence-electron chi connectivity index (χ1n) is 11.3. The van der Waals surface area contributed by atoms with Crippen LogP contribution in [-0.4, -0.2) is 39.2 Å². The highest BCUT2D eigenvalue weighted by atomic mass is 19.1. The van der Waals surface area contributed by atoms with Gasteiger partial charge in [0.15, 0.2) is 5.82 Å². The van der Waals surface area contributed by atoms with E-state index in [-0.39, 0.29) is 5.82 Å². The summed E-state index contributed by atoms with van der Waals surface area (Å²) in [6, 6.07) is 18.8. The highest BCUT2D eigenvalue weighted by Crippen LogP contribution is 2.35. The highest BCUT2D eigenvalue weighted by molar-refractivity contribution is 5.99. The Labute approximate surface area is 201 Å². The van der Waals surface area contributed by atoms with Crippen LogP contribution in [0, 0.1) is 12.7 Å². The normalized spacial score (nSPS) is 11.4. The van der Waals surface area contributed by atoms with E-state index in [1.54, 1.807) is 12.1 Å². The predicted octanol–water partition coefficient (Wildman–Crippen LogP) is 6.35. The Hall–Kier alpha value is -4.52. The Balaban J connectivity index is 1.51. The number of aromatic nitrogens is 5. The van der Waals surface area contributed by atoms with E-state index in [1.807, 2.05) is 55.7 Å². The molecule has 7 heteroatoms. The molecule has 0 radical (unpaired) electrons. The van der Waals surface area contributed by atoms with Crippen molar-refractivity contribution in [3.05, 3.63) is 84.4 Å². The summed E-state index contributed by atoms with van der Waals surface area (Å²) in [5.41, 5.74) is 8.71. The van der Waals surface area contributed by atoms with Crippen molar-refractivity contribution in [3.8, 4) is 33.8 Å². The maximum atomic E-state index is 14.5. The molecule has 35 heavy (non-hydrogen) atoms.